The summed E-state index contributed by atoms with van der Waals surface area (Å²) in [5.74, 6) is 1.00. The molecule has 0 bridgehead atoms. The van der Waals surface area contributed by atoms with Crippen LogP contribution in [0.3, 0.4) is 0 Å². The van der Waals surface area contributed by atoms with Gasteiger partial charge in [-0.25, -0.2) is 0 Å². The van der Waals surface area contributed by atoms with Crippen LogP contribution >= 0.6 is 11.6 Å². The van der Waals surface area contributed by atoms with Crippen LogP contribution in [0.15, 0.2) is 29.8 Å². The van der Waals surface area contributed by atoms with Crippen molar-refractivity contribution in [2.45, 2.75) is 30.7 Å². The van der Waals surface area contributed by atoms with Crippen molar-refractivity contribution in [3.8, 4) is 0 Å². The van der Waals surface area contributed by atoms with Crippen LogP contribution in [0.2, 0.25) is 5.02 Å². The molecule has 4 aliphatic rings. The van der Waals surface area contributed by atoms with Crippen LogP contribution in [-0.2, 0) is 14.2 Å². The van der Waals surface area contributed by atoms with E-state index in [4.69, 9.17) is 25.8 Å². The highest BCUT2D eigenvalue weighted by Crippen LogP contribution is 2.66. The fraction of sp³-hybridized carbons (Fsp3) is 0.556. The summed E-state index contributed by atoms with van der Waals surface area (Å²) in [6.07, 6.45) is 2.63. The molecule has 5 atom stereocenters. The molecule has 1 aromatic rings. The fourth-order valence-corrected chi connectivity index (χ4v) is 5.04. The molecule has 2 saturated heterocycles. The maximum atomic E-state index is 6.05. The van der Waals surface area contributed by atoms with Crippen molar-refractivity contribution in [2.24, 2.45) is 11.8 Å². The van der Waals surface area contributed by atoms with Crippen LogP contribution in [0, 0.1) is 11.8 Å². The molecule has 2 aliphatic heterocycles. The maximum Gasteiger partial charge on any atom is 0.124 e. The van der Waals surface area contributed by atoms with Crippen LogP contribution < -0.4 is 0 Å². The van der Waals surface area contributed by atoms with Crippen LogP contribution in [0.25, 0.3) is 5.57 Å². The lowest BCUT2D eigenvalue weighted by Gasteiger charge is -2.42. The van der Waals surface area contributed by atoms with E-state index in [-0.39, 0.29) is 17.8 Å². The summed E-state index contributed by atoms with van der Waals surface area (Å²) in [5.41, 5.74) is 3.78. The van der Waals surface area contributed by atoms with Gasteiger partial charge in [-0.2, -0.15) is 0 Å². The summed E-state index contributed by atoms with van der Waals surface area (Å²) in [4.78, 5) is 0. The smallest absolute Gasteiger partial charge is 0.124 e. The lowest BCUT2D eigenvalue weighted by atomic mass is 9.68. The highest BCUT2D eigenvalue weighted by Gasteiger charge is 2.75. The molecule has 0 N–H and O–H groups in total. The van der Waals surface area contributed by atoms with Gasteiger partial charge < -0.3 is 14.2 Å². The minimum Gasteiger partial charge on any atom is -0.374 e. The van der Waals surface area contributed by atoms with Crippen molar-refractivity contribution in [3.05, 3.63) is 40.4 Å². The standard InChI is InChI=1S/C18H19ClO3/c1-20-18(13-7-9-22-17(13)18)15-14(12-6-8-21-16(12)15)10-2-4-11(19)5-3-10/h2-5,12-13,16-17H,6-9H2,1H3/t12-,13+,16-,17-,18-/m0/s1. The Labute approximate surface area is 135 Å². The number of rotatable bonds is 3. The summed E-state index contributed by atoms with van der Waals surface area (Å²) in [7, 11) is 1.82. The van der Waals surface area contributed by atoms with E-state index < -0.39 is 0 Å². The van der Waals surface area contributed by atoms with Crippen LogP contribution in [0.5, 0.6) is 0 Å². The summed E-state index contributed by atoms with van der Waals surface area (Å²) < 4.78 is 17.9. The fourth-order valence-electron chi connectivity index (χ4n) is 4.92. The second kappa shape index (κ2) is 4.57. The van der Waals surface area contributed by atoms with Gasteiger partial charge in [0.25, 0.3) is 0 Å². The Morgan fingerprint density at radius 3 is 2.59 bits per heavy atom. The highest BCUT2D eigenvalue weighted by molar-refractivity contribution is 6.30. The van der Waals surface area contributed by atoms with E-state index in [0.717, 1.165) is 31.1 Å². The molecule has 1 saturated carbocycles. The number of benzene rings is 1. The van der Waals surface area contributed by atoms with Gasteiger partial charge in [0.05, 0.1) is 12.2 Å². The van der Waals surface area contributed by atoms with Crippen LogP contribution in [0.4, 0.5) is 0 Å². The first-order valence-corrected chi connectivity index (χ1v) is 8.44. The molecule has 4 heteroatoms. The first kappa shape index (κ1) is 13.6. The zero-order valence-corrected chi connectivity index (χ0v) is 13.3. The minimum absolute atomic E-state index is 0.222. The number of methoxy groups -OCH3 is 1. The molecule has 0 unspecified atom stereocenters. The van der Waals surface area contributed by atoms with Gasteiger partial charge in [0.1, 0.15) is 5.60 Å². The lowest BCUT2D eigenvalue weighted by molar-refractivity contribution is -0.00952. The van der Waals surface area contributed by atoms with Gasteiger partial charge in [-0.1, -0.05) is 23.7 Å². The van der Waals surface area contributed by atoms with Gasteiger partial charge in [-0.3, -0.25) is 0 Å². The van der Waals surface area contributed by atoms with E-state index in [1.165, 1.54) is 16.7 Å². The van der Waals surface area contributed by atoms with E-state index in [2.05, 4.69) is 12.1 Å². The number of hydrogen-bond donors (Lipinski definition) is 0. The van der Waals surface area contributed by atoms with Crippen molar-refractivity contribution >= 4 is 17.2 Å². The highest BCUT2D eigenvalue weighted by atomic mass is 35.5. The summed E-state index contributed by atoms with van der Waals surface area (Å²) in [5, 5.41) is 0.775. The summed E-state index contributed by atoms with van der Waals surface area (Å²) in [6.45, 7) is 1.70. The molecule has 116 valence electrons. The van der Waals surface area contributed by atoms with Crippen molar-refractivity contribution in [1.82, 2.24) is 0 Å². The van der Waals surface area contributed by atoms with Crippen molar-refractivity contribution in [1.29, 1.82) is 0 Å². The van der Waals surface area contributed by atoms with Crippen LogP contribution in [0.1, 0.15) is 18.4 Å². The largest absolute Gasteiger partial charge is 0.374 e. The average Bonchev–Trinajstić information content (AvgIpc) is 2.91. The van der Waals surface area contributed by atoms with E-state index in [0.29, 0.717) is 11.8 Å². The van der Waals surface area contributed by atoms with Gasteiger partial charge in [-0.05, 0) is 41.7 Å². The predicted octanol–water partition coefficient (Wildman–Crippen LogP) is 3.32. The molecule has 5 rings (SSSR count). The molecule has 2 heterocycles. The van der Waals surface area contributed by atoms with E-state index in [1.807, 2.05) is 19.2 Å². The molecule has 0 spiro atoms. The second-order valence-electron chi connectivity index (χ2n) is 6.70. The molecule has 3 nitrogen and oxygen atoms in total. The van der Waals surface area contributed by atoms with Crippen molar-refractivity contribution in [2.75, 3.05) is 20.3 Å². The van der Waals surface area contributed by atoms with E-state index in [1.54, 1.807) is 0 Å². The predicted molar refractivity (Wildman–Crippen MR) is 83.8 cm³/mol. The molecule has 3 fully saturated rings. The SMILES string of the molecule is CO[C@]1(C2=C(c3ccc(Cl)cc3)[C@@H]3CCO[C@H]23)[C@@H]2CCO[C@@H]21. The first-order valence-electron chi connectivity index (χ1n) is 8.06. The first-order chi connectivity index (χ1) is 10.8. The molecule has 2 aliphatic carbocycles. The van der Waals surface area contributed by atoms with Crippen molar-refractivity contribution in [3.63, 3.8) is 0 Å². The Morgan fingerprint density at radius 1 is 1.14 bits per heavy atom. The van der Waals surface area contributed by atoms with E-state index in [9.17, 15) is 0 Å². The minimum atomic E-state index is -0.237. The maximum absolute atomic E-state index is 6.05. The van der Waals surface area contributed by atoms with Gasteiger partial charge in [0, 0.05) is 37.2 Å². The number of halogens is 1. The second-order valence-corrected chi connectivity index (χ2v) is 7.14. The number of hydrogen-bond acceptors (Lipinski definition) is 3. The van der Waals surface area contributed by atoms with Gasteiger partial charge in [0.2, 0.25) is 0 Å². The summed E-state index contributed by atoms with van der Waals surface area (Å²) in [6, 6.07) is 8.17. The molecule has 22 heavy (non-hydrogen) atoms. The van der Waals surface area contributed by atoms with E-state index >= 15 is 0 Å². The quantitative estimate of drug-likeness (QED) is 0.855. The molecule has 0 aromatic heterocycles. The Hall–Kier alpha value is -0.870. The normalized spacial score (nSPS) is 42.1. The zero-order valence-electron chi connectivity index (χ0n) is 12.5. The Bertz CT molecular complexity index is 641. The molecule has 1 aromatic carbocycles. The number of ether oxygens (including phenoxy) is 3. The number of fused-ring (bicyclic) bond motifs is 2. The van der Waals surface area contributed by atoms with Crippen molar-refractivity contribution < 1.29 is 14.2 Å². The Kier molecular flexibility index (Phi) is 2.82. The van der Waals surface area contributed by atoms with Gasteiger partial charge in [0.15, 0.2) is 0 Å². The molecular formula is C18H19ClO3. The third kappa shape index (κ3) is 1.53. The summed E-state index contributed by atoms with van der Waals surface area (Å²) >= 11 is 6.05. The Morgan fingerprint density at radius 2 is 1.91 bits per heavy atom. The lowest BCUT2D eigenvalue weighted by Crippen LogP contribution is -2.43. The molecule has 0 amide bonds. The zero-order chi connectivity index (χ0) is 14.9. The molecule has 0 radical (unpaired) electrons. The van der Waals surface area contributed by atoms with Crippen LogP contribution in [-0.4, -0.2) is 38.1 Å². The topological polar surface area (TPSA) is 27.7 Å². The third-order valence-electron chi connectivity index (χ3n) is 5.91. The molecular weight excluding hydrogens is 300 g/mol. The Balaban J connectivity index is 1.62. The van der Waals surface area contributed by atoms with Gasteiger partial charge in [-0.15, -0.1) is 0 Å². The third-order valence-corrected chi connectivity index (χ3v) is 6.16. The van der Waals surface area contributed by atoms with Gasteiger partial charge >= 0.3 is 0 Å². The average molecular weight is 319 g/mol. The monoisotopic (exact) mass is 318 g/mol.